The van der Waals surface area contributed by atoms with Gasteiger partial charge in [0, 0.05) is 25.0 Å². The van der Waals surface area contributed by atoms with Crippen molar-refractivity contribution in [1.29, 1.82) is 0 Å². The first-order valence-electron chi connectivity index (χ1n) is 16.5. The number of carbonyl (C=O) groups excluding carboxylic acids is 3. The van der Waals surface area contributed by atoms with Crippen molar-refractivity contribution in [2.45, 2.75) is 85.6 Å². The van der Waals surface area contributed by atoms with Crippen LogP contribution >= 0.6 is 11.6 Å². The van der Waals surface area contributed by atoms with Gasteiger partial charge in [-0.05, 0) is 60.9 Å². The number of aliphatic carboxylic acids is 1. The molecule has 0 radical (unpaired) electrons. The Morgan fingerprint density at radius 3 is 2.22 bits per heavy atom. The van der Waals surface area contributed by atoms with Crippen LogP contribution in [0.5, 0.6) is 5.75 Å². The Kier molecular flexibility index (Phi) is 16.2. The number of amides is 2. The average Bonchev–Trinajstić information content (AvgIpc) is 3.04. The van der Waals surface area contributed by atoms with E-state index >= 15 is 0 Å². The maximum absolute atomic E-state index is 13.7. The van der Waals surface area contributed by atoms with Crippen LogP contribution in [0.25, 0.3) is 6.08 Å². The lowest BCUT2D eigenvalue weighted by Crippen LogP contribution is -2.53. The predicted molar refractivity (Wildman–Crippen MR) is 194 cm³/mol. The average molecular weight is 714 g/mol. The Labute approximate surface area is 300 Å². The highest BCUT2D eigenvalue weighted by atomic mass is 35.5. The standard InChI is InChI=1S/C38H52ClN3O8/c1-24(11-12-25-13-15-26(22-43)16-14-25)31(9-8-10-33(44)45)50-35(47)30(21-37(2,3)4)42-36(48)38(5,6)23-41-34(46)29(40)20-27-17-18-32(49-7)28(39)19-27/h8,10-19,24,29-31,43H,9,20-23,40H2,1-7H3,(H,41,46)(H,42,48)(H,44,45)/b10-8+,12-11+. The number of aliphatic hydroxyl groups is 1. The molecular formula is C38H52ClN3O8. The molecule has 0 aliphatic heterocycles. The molecule has 2 aromatic carbocycles. The van der Waals surface area contributed by atoms with E-state index in [2.05, 4.69) is 10.6 Å². The number of hydrogen-bond acceptors (Lipinski definition) is 8. The lowest BCUT2D eigenvalue weighted by atomic mass is 9.86. The van der Waals surface area contributed by atoms with Gasteiger partial charge in [0.05, 0.1) is 30.2 Å². The molecular weight excluding hydrogens is 662 g/mol. The molecule has 274 valence electrons. The van der Waals surface area contributed by atoms with E-state index in [4.69, 9.17) is 31.9 Å². The fourth-order valence-corrected chi connectivity index (χ4v) is 5.17. The van der Waals surface area contributed by atoms with Crippen molar-refractivity contribution in [1.82, 2.24) is 10.6 Å². The third-order valence-corrected chi connectivity index (χ3v) is 8.27. The van der Waals surface area contributed by atoms with Gasteiger partial charge in [0.2, 0.25) is 11.8 Å². The summed E-state index contributed by atoms with van der Waals surface area (Å²) in [5.74, 6) is -2.53. The van der Waals surface area contributed by atoms with Crippen LogP contribution in [-0.4, -0.2) is 65.8 Å². The number of nitrogens with two attached hydrogens (primary N) is 1. The van der Waals surface area contributed by atoms with Crippen LogP contribution in [0.15, 0.2) is 60.7 Å². The molecule has 2 aromatic rings. The van der Waals surface area contributed by atoms with E-state index in [1.165, 1.54) is 13.2 Å². The number of carboxylic acids is 1. The van der Waals surface area contributed by atoms with Gasteiger partial charge in [-0.15, -0.1) is 0 Å². The maximum atomic E-state index is 13.7. The summed E-state index contributed by atoms with van der Waals surface area (Å²) in [5, 5.41) is 24.4. The summed E-state index contributed by atoms with van der Waals surface area (Å²) in [6.45, 7) is 10.8. The van der Waals surface area contributed by atoms with Crippen LogP contribution in [0.2, 0.25) is 5.02 Å². The third kappa shape index (κ3) is 14.3. The van der Waals surface area contributed by atoms with Crippen molar-refractivity contribution in [2.75, 3.05) is 13.7 Å². The molecule has 0 saturated carbocycles. The molecule has 6 N–H and O–H groups in total. The van der Waals surface area contributed by atoms with E-state index in [1.54, 1.807) is 44.2 Å². The van der Waals surface area contributed by atoms with Crippen molar-refractivity contribution in [2.24, 2.45) is 22.5 Å². The summed E-state index contributed by atoms with van der Waals surface area (Å²) in [7, 11) is 1.51. The summed E-state index contributed by atoms with van der Waals surface area (Å²) >= 11 is 6.20. The zero-order valence-corrected chi connectivity index (χ0v) is 30.8. The number of benzene rings is 2. The fourth-order valence-electron chi connectivity index (χ4n) is 4.89. The molecule has 2 rings (SSSR count). The monoisotopic (exact) mass is 713 g/mol. The first-order chi connectivity index (χ1) is 23.3. The first kappa shape index (κ1) is 42.0. The summed E-state index contributed by atoms with van der Waals surface area (Å²) in [4.78, 5) is 51.3. The molecule has 4 unspecified atom stereocenters. The number of esters is 1. The van der Waals surface area contributed by atoms with Gasteiger partial charge < -0.3 is 36.1 Å². The molecule has 2 amide bonds. The molecule has 0 saturated heterocycles. The van der Waals surface area contributed by atoms with E-state index in [9.17, 15) is 24.3 Å². The Morgan fingerprint density at radius 2 is 1.66 bits per heavy atom. The van der Waals surface area contributed by atoms with Crippen LogP contribution in [0, 0.1) is 16.7 Å². The Bertz CT molecular complexity index is 1510. The minimum atomic E-state index is -1.12. The van der Waals surface area contributed by atoms with Gasteiger partial charge in [0.15, 0.2) is 0 Å². The van der Waals surface area contributed by atoms with Gasteiger partial charge in [0.25, 0.3) is 0 Å². The van der Waals surface area contributed by atoms with Crippen LogP contribution < -0.4 is 21.1 Å². The number of methoxy groups -OCH3 is 1. The van der Waals surface area contributed by atoms with E-state index < -0.39 is 47.4 Å². The van der Waals surface area contributed by atoms with Crippen molar-refractivity contribution in [3.63, 3.8) is 0 Å². The van der Waals surface area contributed by atoms with Gasteiger partial charge >= 0.3 is 11.9 Å². The van der Waals surface area contributed by atoms with E-state index in [1.807, 2.05) is 52.0 Å². The number of carboxylic acid groups (broad SMARTS) is 1. The molecule has 0 heterocycles. The van der Waals surface area contributed by atoms with Gasteiger partial charge in [-0.25, -0.2) is 9.59 Å². The Hall–Kier alpha value is -4.19. The van der Waals surface area contributed by atoms with E-state index in [0.29, 0.717) is 10.8 Å². The third-order valence-electron chi connectivity index (χ3n) is 7.97. The topological polar surface area (TPSA) is 177 Å². The molecule has 0 aromatic heterocycles. The normalized spacial score (nSPS) is 14.5. The van der Waals surface area contributed by atoms with Gasteiger partial charge in [-0.2, -0.15) is 0 Å². The quantitative estimate of drug-likeness (QED) is 0.104. The van der Waals surface area contributed by atoms with E-state index in [0.717, 1.165) is 22.8 Å². The zero-order chi connectivity index (χ0) is 37.6. The van der Waals surface area contributed by atoms with Crippen molar-refractivity contribution in [3.8, 4) is 5.75 Å². The molecule has 12 heteroatoms. The molecule has 11 nitrogen and oxygen atoms in total. The smallest absolute Gasteiger partial charge is 0.328 e. The molecule has 0 bridgehead atoms. The van der Waals surface area contributed by atoms with E-state index in [-0.39, 0.29) is 43.7 Å². The fraction of sp³-hybridized carbons (Fsp3) is 0.474. The molecule has 50 heavy (non-hydrogen) atoms. The second-order valence-corrected chi connectivity index (χ2v) is 14.6. The van der Waals surface area contributed by atoms with Crippen LogP contribution in [0.1, 0.15) is 71.1 Å². The Balaban J connectivity index is 2.15. The number of hydrogen-bond donors (Lipinski definition) is 5. The zero-order valence-electron chi connectivity index (χ0n) is 30.0. The minimum Gasteiger partial charge on any atom is -0.495 e. The van der Waals surface area contributed by atoms with Gasteiger partial charge in [0.1, 0.15) is 17.9 Å². The minimum absolute atomic E-state index is 0.0459. The van der Waals surface area contributed by atoms with Crippen LogP contribution in [-0.2, 0) is 36.9 Å². The lowest BCUT2D eigenvalue weighted by molar-refractivity contribution is -0.156. The number of halogens is 1. The maximum Gasteiger partial charge on any atom is 0.328 e. The highest BCUT2D eigenvalue weighted by Crippen LogP contribution is 2.26. The summed E-state index contributed by atoms with van der Waals surface area (Å²) in [6, 6.07) is 10.5. The number of nitrogens with one attached hydrogen (secondary N) is 2. The van der Waals surface area contributed by atoms with Crippen LogP contribution in [0.3, 0.4) is 0 Å². The molecule has 4 atom stereocenters. The number of ether oxygens (including phenoxy) is 2. The second kappa shape index (κ2) is 19.3. The summed E-state index contributed by atoms with van der Waals surface area (Å²) < 4.78 is 11.1. The number of carbonyl (C=O) groups is 4. The summed E-state index contributed by atoms with van der Waals surface area (Å²) in [5.41, 5.74) is 7.05. The van der Waals surface area contributed by atoms with Crippen molar-refractivity contribution >= 4 is 41.4 Å². The van der Waals surface area contributed by atoms with Crippen molar-refractivity contribution in [3.05, 3.63) is 82.4 Å². The second-order valence-electron chi connectivity index (χ2n) is 14.2. The summed E-state index contributed by atoms with van der Waals surface area (Å²) in [6.07, 6.45) is 6.01. The SMILES string of the molecule is COc1ccc(CC(N)C(=O)NCC(C)(C)C(=O)NC(CC(C)(C)C)C(=O)OC(C/C=C/C(=O)O)C(C)/C=C/c2ccc(CO)cc2)cc1Cl. The molecule has 0 spiro atoms. The first-order valence-corrected chi connectivity index (χ1v) is 16.9. The van der Waals surface area contributed by atoms with Gasteiger partial charge in [-0.1, -0.05) is 87.9 Å². The Morgan fingerprint density at radius 1 is 1.02 bits per heavy atom. The highest BCUT2D eigenvalue weighted by Gasteiger charge is 2.36. The molecule has 0 fully saturated rings. The predicted octanol–water partition coefficient (Wildman–Crippen LogP) is 5.07. The largest absolute Gasteiger partial charge is 0.495 e. The number of rotatable bonds is 18. The molecule has 0 aliphatic carbocycles. The highest BCUT2D eigenvalue weighted by molar-refractivity contribution is 6.32. The van der Waals surface area contributed by atoms with Crippen LogP contribution in [0.4, 0.5) is 0 Å². The molecule has 0 aliphatic rings. The van der Waals surface area contributed by atoms with Crippen molar-refractivity contribution < 1.29 is 38.9 Å². The van der Waals surface area contributed by atoms with Gasteiger partial charge in [-0.3, -0.25) is 9.59 Å². The lowest BCUT2D eigenvalue weighted by Gasteiger charge is -2.31. The number of aliphatic hydroxyl groups excluding tert-OH is 1.